The lowest BCUT2D eigenvalue weighted by Crippen LogP contribution is -2.10. The zero-order chi connectivity index (χ0) is 12.3. The molecule has 0 aliphatic rings. The molecule has 0 unspecified atom stereocenters. The Balaban J connectivity index is 2.42. The van der Waals surface area contributed by atoms with Crippen molar-refractivity contribution in [3.8, 4) is 0 Å². The van der Waals surface area contributed by atoms with E-state index in [0.29, 0.717) is 10.6 Å². The van der Waals surface area contributed by atoms with Gasteiger partial charge in [-0.15, -0.1) is 11.3 Å². The standard InChI is InChI=1S/C10H9N3O3S/c1-16-9(14)7-3-2-4-8(11-7)12-10-13(15)5-6-17-10/h2-6,15H,1H3/b12-10-. The minimum Gasteiger partial charge on any atom is -0.464 e. The minimum atomic E-state index is -0.523. The zero-order valence-electron chi connectivity index (χ0n) is 8.90. The number of nitrogens with zero attached hydrogens (tertiary/aromatic N) is 3. The van der Waals surface area contributed by atoms with Crippen LogP contribution in [0.5, 0.6) is 0 Å². The van der Waals surface area contributed by atoms with E-state index in [1.54, 1.807) is 17.5 Å². The summed E-state index contributed by atoms with van der Waals surface area (Å²) in [5.41, 5.74) is 0.176. The van der Waals surface area contributed by atoms with Crippen LogP contribution in [-0.4, -0.2) is 28.0 Å². The van der Waals surface area contributed by atoms with Crippen LogP contribution in [0.25, 0.3) is 0 Å². The molecule has 0 amide bonds. The lowest BCUT2D eigenvalue weighted by Gasteiger charge is -1.98. The molecule has 0 aromatic carbocycles. The summed E-state index contributed by atoms with van der Waals surface area (Å²) < 4.78 is 5.44. The van der Waals surface area contributed by atoms with Crippen molar-refractivity contribution in [3.63, 3.8) is 0 Å². The van der Waals surface area contributed by atoms with E-state index in [0.717, 1.165) is 4.73 Å². The second kappa shape index (κ2) is 4.79. The highest BCUT2D eigenvalue weighted by Gasteiger charge is 2.06. The molecule has 0 saturated heterocycles. The van der Waals surface area contributed by atoms with E-state index in [1.165, 1.54) is 30.7 Å². The predicted molar refractivity (Wildman–Crippen MR) is 60.3 cm³/mol. The lowest BCUT2D eigenvalue weighted by atomic mass is 10.3. The second-order valence-electron chi connectivity index (χ2n) is 3.01. The molecule has 0 radical (unpaired) electrons. The van der Waals surface area contributed by atoms with Gasteiger partial charge < -0.3 is 9.94 Å². The molecule has 0 aliphatic heterocycles. The Morgan fingerprint density at radius 2 is 2.41 bits per heavy atom. The number of pyridine rings is 1. The fraction of sp³-hybridized carbons (Fsp3) is 0.100. The van der Waals surface area contributed by atoms with E-state index in [-0.39, 0.29) is 5.69 Å². The summed E-state index contributed by atoms with van der Waals surface area (Å²) >= 11 is 1.25. The van der Waals surface area contributed by atoms with Crippen LogP contribution in [0.15, 0.2) is 34.8 Å². The average Bonchev–Trinajstić information content (AvgIpc) is 2.74. The summed E-state index contributed by atoms with van der Waals surface area (Å²) in [6.07, 6.45) is 1.47. The molecule has 2 aromatic rings. The summed E-state index contributed by atoms with van der Waals surface area (Å²) in [5.74, 6) is -0.191. The SMILES string of the molecule is COC(=O)c1cccc(/N=c2\sccn2O)n1. The topological polar surface area (TPSA) is 76.7 Å². The van der Waals surface area contributed by atoms with Crippen molar-refractivity contribution >= 4 is 23.1 Å². The van der Waals surface area contributed by atoms with E-state index in [9.17, 15) is 10.0 Å². The first-order valence-corrected chi connectivity index (χ1v) is 5.54. The molecule has 0 aliphatic carbocycles. The molecule has 2 aromatic heterocycles. The van der Waals surface area contributed by atoms with E-state index in [2.05, 4.69) is 14.7 Å². The summed E-state index contributed by atoms with van der Waals surface area (Å²) in [6.45, 7) is 0. The fourth-order valence-electron chi connectivity index (χ4n) is 1.15. The first kappa shape index (κ1) is 11.3. The normalized spacial score (nSPS) is 11.5. The molecule has 0 bridgehead atoms. The van der Waals surface area contributed by atoms with Gasteiger partial charge in [-0.05, 0) is 12.1 Å². The maximum atomic E-state index is 11.3. The minimum absolute atomic E-state index is 0.176. The van der Waals surface area contributed by atoms with Gasteiger partial charge in [-0.25, -0.2) is 9.78 Å². The summed E-state index contributed by atoms with van der Waals surface area (Å²) in [4.78, 5) is 19.7. The van der Waals surface area contributed by atoms with Crippen LogP contribution in [0.1, 0.15) is 10.5 Å². The van der Waals surface area contributed by atoms with E-state index >= 15 is 0 Å². The summed E-state index contributed by atoms with van der Waals surface area (Å²) in [5, 5.41) is 11.0. The van der Waals surface area contributed by atoms with Gasteiger partial charge in [-0.2, -0.15) is 9.72 Å². The Labute approximate surface area is 100 Å². The molecule has 7 heteroatoms. The quantitative estimate of drug-likeness (QED) is 0.642. The van der Waals surface area contributed by atoms with Crippen LogP contribution in [-0.2, 0) is 4.74 Å². The highest BCUT2D eigenvalue weighted by Crippen LogP contribution is 2.08. The van der Waals surface area contributed by atoms with Crippen LogP contribution in [0.4, 0.5) is 5.82 Å². The van der Waals surface area contributed by atoms with Gasteiger partial charge in [-0.3, -0.25) is 0 Å². The maximum absolute atomic E-state index is 11.3. The van der Waals surface area contributed by atoms with Gasteiger partial charge in [0.25, 0.3) is 0 Å². The fourth-order valence-corrected chi connectivity index (χ4v) is 1.76. The summed E-state index contributed by atoms with van der Waals surface area (Å²) in [6, 6.07) is 4.81. The van der Waals surface area contributed by atoms with Crippen molar-refractivity contribution < 1.29 is 14.7 Å². The van der Waals surface area contributed by atoms with Gasteiger partial charge in [0, 0.05) is 5.38 Å². The van der Waals surface area contributed by atoms with Crippen LogP contribution >= 0.6 is 11.3 Å². The molecule has 6 nitrogen and oxygen atoms in total. The molecule has 2 heterocycles. The molecular weight excluding hydrogens is 242 g/mol. The number of rotatable bonds is 2. The summed E-state index contributed by atoms with van der Waals surface area (Å²) in [7, 11) is 1.29. The van der Waals surface area contributed by atoms with Gasteiger partial charge >= 0.3 is 5.97 Å². The monoisotopic (exact) mass is 251 g/mol. The highest BCUT2D eigenvalue weighted by atomic mass is 32.1. The number of ether oxygens (including phenoxy) is 1. The van der Waals surface area contributed by atoms with Crippen LogP contribution in [0.3, 0.4) is 0 Å². The van der Waals surface area contributed by atoms with Crippen molar-refractivity contribution in [2.24, 2.45) is 4.99 Å². The van der Waals surface area contributed by atoms with E-state index in [1.807, 2.05) is 0 Å². The number of hydrogen-bond donors (Lipinski definition) is 1. The molecule has 0 atom stereocenters. The van der Waals surface area contributed by atoms with Crippen molar-refractivity contribution in [2.45, 2.75) is 0 Å². The van der Waals surface area contributed by atoms with Crippen LogP contribution < -0.4 is 4.80 Å². The van der Waals surface area contributed by atoms with Gasteiger partial charge in [0.05, 0.1) is 13.3 Å². The number of carbonyl (C=O) groups excluding carboxylic acids is 1. The third kappa shape index (κ3) is 2.51. The lowest BCUT2D eigenvalue weighted by molar-refractivity contribution is 0.0594. The third-order valence-corrected chi connectivity index (χ3v) is 2.66. The molecular formula is C10H9N3O3S. The van der Waals surface area contributed by atoms with Crippen molar-refractivity contribution in [1.29, 1.82) is 0 Å². The zero-order valence-corrected chi connectivity index (χ0v) is 9.72. The first-order chi connectivity index (χ1) is 8.20. The Morgan fingerprint density at radius 1 is 1.59 bits per heavy atom. The Hall–Kier alpha value is -2.15. The van der Waals surface area contributed by atoms with Crippen molar-refractivity contribution in [3.05, 3.63) is 40.3 Å². The van der Waals surface area contributed by atoms with Gasteiger partial charge in [-0.1, -0.05) is 6.07 Å². The number of carbonyl (C=O) groups is 1. The number of hydrogen-bond acceptors (Lipinski definition) is 6. The maximum Gasteiger partial charge on any atom is 0.356 e. The van der Waals surface area contributed by atoms with Crippen LogP contribution in [0.2, 0.25) is 0 Å². The van der Waals surface area contributed by atoms with Gasteiger partial charge in [0.15, 0.2) is 11.5 Å². The molecule has 1 N–H and O–H groups in total. The second-order valence-corrected chi connectivity index (χ2v) is 3.89. The molecule has 17 heavy (non-hydrogen) atoms. The number of esters is 1. The molecule has 0 saturated carbocycles. The highest BCUT2D eigenvalue weighted by molar-refractivity contribution is 7.07. The predicted octanol–water partition coefficient (Wildman–Crippen LogP) is 1.20. The Bertz CT molecular complexity index is 603. The smallest absolute Gasteiger partial charge is 0.356 e. The Kier molecular flexibility index (Phi) is 3.20. The van der Waals surface area contributed by atoms with E-state index in [4.69, 9.17) is 0 Å². The number of thiazole rings is 1. The average molecular weight is 251 g/mol. The van der Waals surface area contributed by atoms with Crippen LogP contribution in [0, 0.1) is 0 Å². The largest absolute Gasteiger partial charge is 0.464 e. The van der Waals surface area contributed by atoms with Crippen molar-refractivity contribution in [1.82, 2.24) is 9.71 Å². The van der Waals surface area contributed by atoms with Gasteiger partial charge in [0.2, 0.25) is 4.80 Å². The molecule has 88 valence electrons. The van der Waals surface area contributed by atoms with E-state index < -0.39 is 5.97 Å². The van der Waals surface area contributed by atoms with Crippen molar-refractivity contribution in [2.75, 3.05) is 7.11 Å². The molecule has 2 rings (SSSR count). The Morgan fingerprint density at radius 3 is 3.06 bits per heavy atom. The molecule has 0 fully saturated rings. The number of aromatic nitrogens is 2. The van der Waals surface area contributed by atoms with Gasteiger partial charge in [0.1, 0.15) is 0 Å². The first-order valence-electron chi connectivity index (χ1n) is 4.66. The third-order valence-electron chi connectivity index (χ3n) is 1.91. The number of methoxy groups -OCH3 is 1. The molecule has 0 spiro atoms.